The summed E-state index contributed by atoms with van der Waals surface area (Å²) in [5, 5.41) is 0. The second-order valence-electron chi connectivity index (χ2n) is 7.70. The Morgan fingerprint density at radius 3 is 2.23 bits per heavy atom. The Kier molecular flexibility index (Phi) is 9.82. The summed E-state index contributed by atoms with van der Waals surface area (Å²) in [5.74, 6) is 0.871. The van der Waals surface area contributed by atoms with E-state index in [1.165, 1.54) is 11.3 Å². The zero-order valence-corrected chi connectivity index (χ0v) is 19.7. The van der Waals surface area contributed by atoms with Crippen molar-refractivity contribution in [1.29, 1.82) is 0 Å². The molecule has 0 unspecified atom stereocenters. The van der Waals surface area contributed by atoms with Crippen LogP contribution in [0.4, 0.5) is 0 Å². The van der Waals surface area contributed by atoms with E-state index >= 15 is 0 Å². The second-order valence-corrected chi connectivity index (χ2v) is 9.34. The molecule has 5 nitrogen and oxygen atoms in total. The van der Waals surface area contributed by atoms with Crippen LogP contribution in [0.3, 0.4) is 0 Å². The average molecular weight is 444 g/mol. The molecule has 0 fully saturated rings. The van der Waals surface area contributed by atoms with Gasteiger partial charge in [0.1, 0.15) is 6.61 Å². The highest BCUT2D eigenvalue weighted by molar-refractivity contribution is 7.85. The van der Waals surface area contributed by atoms with E-state index in [0.717, 1.165) is 36.0 Å². The van der Waals surface area contributed by atoms with Gasteiger partial charge in [-0.1, -0.05) is 54.6 Å². The van der Waals surface area contributed by atoms with E-state index in [1.54, 1.807) is 0 Å². The summed E-state index contributed by atoms with van der Waals surface area (Å²) in [7, 11) is 0.683. The number of allylic oxidation sites excluding steroid dienone is 4. The highest BCUT2D eigenvalue weighted by Gasteiger charge is 2.05. The lowest BCUT2D eigenvalue weighted by molar-refractivity contribution is 0.201. The molecule has 0 heterocycles. The molecule has 0 aliphatic rings. The standard InChI is InChI=1S/C25H33NO4S/c1-21(29-20-24-9-6-5-7-10-24)13-15-25(26(2)3)16-14-22-11-8-12-23(19-22)17-18-30-31(4,27)28/h5-13,15,19H,14,16-18,20H2,1-4H3/b21-13+,25-15-. The van der Waals surface area contributed by atoms with Gasteiger partial charge in [-0.05, 0) is 55.0 Å². The summed E-state index contributed by atoms with van der Waals surface area (Å²) >= 11 is 0. The van der Waals surface area contributed by atoms with Gasteiger partial charge in [0, 0.05) is 19.8 Å². The van der Waals surface area contributed by atoms with Gasteiger partial charge in [-0.3, -0.25) is 4.18 Å². The van der Waals surface area contributed by atoms with E-state index in [2.05, 4.69) is 35.2 Å². The lowest BCUT2D eigenvalue weighted by Gasteiger charge is -2.17. The van der Waals surface area contributed by atoms with Crippen molar-refractivity contribution in [2.24, 2.45) is 0 Å². The van der Waals surface area contributed by atoms with Gasteiger partial charge in [-0.25, -0.2) is 0 Å². The molecule has 0 radical (unpaired) electrons. The zero-order valence-electron chi connectivity index (χ0n) is 18.9. The fourth-order valence-corrected chi connectivity index (χ4v) is 3.40. The molecule has 0 bridgehead atoms. The molecular formula is C25H33NO4S. The van der Waals surface area contributed by atoms with Crippen LogP contribution in [-0.2, 0) is 38.5 Å². The fourth-order valence-electron chi connectivity index (χ4n) is 3.01. The van der Waals surface area contributed by atoms with Crippen molar-refractivity contribution in [2.45, 2.75) is 32.8 Å². The van der Waals surface area contributed by atoms with Gasteiger partial charge in [-0.15, -0.1) is 0 Å². The third kappa shape index (κ3) is 10.3. The average Bonchev–Trinajstić information content (AvgIpc) is 2.72. The Labute approximate surface area is 187 Å². The lowest BCUT2D eigenvalue weighted by Crippen LogP contribution is -2.12. The Balaban J connectivity index is 1.91. The Bertz CT molecular complexity index is 980. The summed E-state index contributed by atoms with van der Waals surface area (Å²) in [6.45, 7) is 2.69. The molecule has 2 aromatic carbocycles. The SMILES string of the molecule is C/C(=C\C=C(\CCc1cccc(CCOS(C)(=O)=O)c1)N(C)C)OCc1ccccc1. The minimum Gasteiger partial charge on any atom is -0.494 e. The van der Waals surface area contributed by atoms with E-state index in [9.17, 15) is 8.42 Å². The summed E-state index contributed by atoms with van der Waals surface area (Å²) in [4.78, 5) is 2.12. The first-order chi connectivity index (χ1) is 14.7. The van der Waals surface area contributed by atoms with Crippen molar-refractivity contribution in [3.8, 4) is 0 Å². The molecule has 0 aliphatic carbocycles. The van der Waals surface area contributed by atoms with E-state index in [-0.39, 0.29) is 6.61 Å². The first-order valence-corrected chi connectivity index (χ1v) is 12.2. The van der Waals surface area contributed by atoms with Crippen LogP contribution in [0, 0.1) is 0 Å². The van der Waals surface area contributed by atoms with Crippen LogP contribution in [0.2, 0.25) is 0 Å². The minimum absolute atomic E-state index is 0.165. The lowest BCUT2D eigenvalue weighted by atomic mass is 10.0. The number of benzene rings is 2. The summed E-state index contributed by atoms with van der Waals surface area (Å²) in [5.41, 5.74) is 4.63. The maximum atomic E-state index is 11.1. The molecule has 31 heavy (non-hydrogen) atoms. The van der Waals surface area contributed by atoms with Crippen LogP contribution in [0.15, 0.2) is 78.2 Å². The van der Waals surface area contributed by atoms with Crippen molar-refractivity contribution < 1.29 is 17.3 Å². The third-order valence-electron chi connectivity index (χ3n) is 4.74. The van der Waals surface area contributed by atoms with Crippen LogP contribution < -0.4 is 0 Å². The Morgan fingerprint density at radius 1 is 0.935 bits per heavy atom. The Hall–Kier alpha value is -2.57. The first kappa shape index (κ1) is 24.7. The molecule has 0 N–H and O–H groups in total. The monoisotopic (exact) mass is 443 g/mol. The van der Waals surface area contributed by atoms with Crippen molar-refractivity contribution in [3.05, 3.63) is 94.9 Å². The predicted octanol–water partition coefficient (Wildman–Crippen LogP) is 4.70. The van der Waals surface area contributed by atoms with Crippen LogP contribution in [0.5, 0.6) is 0 Å². The second kappa shape index (κ2) is 12.3. The molecule has 0 atom stereocenters. The number of hydrogen-bond acceptors (Lipinski definition) is 5. The molecular weight excluding hydrogens is 410 g/mol. The summed E-state index contributed by atoms with van der Waals surface area (Å²) in [6, 6.07) is 18.3. The van der Waals surface area contributed by atoms with Crippen LogP contribution in [0.25, 0.3) is 0 Å². The van der Waals surface area contributed by atoms with Crippen LogP contribution in [-0.4, -0.2) is 40.3 Å². The maximum absolute atomic E-state index is 11.1. The van der Waals surface area contributed by atoms with Crippen LogP contribution >= 0.6 is 0 Å². The molecule has 2 aromatic rings. The molecule has 0 saturated heterocycles. The summed E-state index contributed by atoms with van der Waals surface area (Å²) < 4.78 is 32.9. The van der Waals surface area contributed by atoms with Gasteiger partial charge >= 0.3 is 0 Å². The molecule has 0 aliphatic heterocycles. The first-order valence-electron chi connectivity index (χ1n) is 10.4. The van der Waals surface area contributed by atoms with Crippen molar-refractivity contribution in [1.82, 2.24) is 4.90 Å². The molecule has 168 valence electrons. The van der Waals surface area contributed by atoms with Gasteiger partial charge in [0.15, 0.2) is 0 Å². The van der Waals surface area contributed by atoms with Crippen molar-refractivity contribution in [3.63, 3.8) is 0 Å². The van der Waals surface area contributed by atoms with E-state index < -0.39 is 10.1 Å². The van der Waals surface area contributed by atoms with Crippen LogP contribution in [0.1, 0.15) is 30.0 Å². The van der Waals surface area contributed by atoms with Gasteiger partial charge in [0.2, 0.25) is 0 Å². The van der Waals surface area contributed by atoms with E-state index in [0.29, 0.717) is 13.0 Å². The fraction of sp³-hybridized carbons (Fsp3) is 0.360. The Morgan fingerprint density at radius 2 is 1.58 bits per heavy atom. The smallest absolute Gasteiger partial charge is 0.264 e. The topological polar surface area (TPSA) is 55.8 Å². The summed E-state index contributed by atoms with van der Waals surface area (Å²) in [6.07, 6.45) is 7.53. The largest absolute Gasteiger partial charge is 0.494 e. The minimum atomic E-state index is -3.40. The van der Waals surface area contributed by atoms with Gasteiger partial charge < -0.3 is 9.64 Å². The molecule has 0 amide bonds. The number of aryl methyl sites for hydroxylation is 1. The normalized spacial score (nSPS) is 12.6. The highest BCUT2D eigenvalue weighted by Crippen LogP contribution is 2.15. The zero-order chi connectivity index (χ0) is 22.7. The van der Waals surface area contributed by atoms with Gasteiger partial charge in [0.25, 0.3) is 10.1 Å². The number of rotatable bonds is 12. The third-order valence-corrected chi connectivity index (χ3v) is 5.34. The quantitative estimate of drug-likeness (QED) is 0.270. The van der Waals surface area contributed by atoms with Crippen molar-refractivity contribution >= 4 is 10.1 Å². The molecule has 0 saturated carbocycles. The van der Waals surface area contributed by atoms with Gasteiger partial charge in [-0.2, -0.15) is 8.42 Å². The molecule has 0 spiro atoms. The predicted molar refractivity (Wildman–Crippen MR) is 126 cm³/mol. The maximum Gasteiger partial charge on any atom is 0.264 e. The molecule has 6 heteroatoms. The van der Waals surface area contributed by atoms with E-state index in [4.69, 9.17) is 8.92 Å². The van der Waals surface area contributed by atoms with Gasteiger partial charge in [0.05, 0.1) is 18.6 Å². The molecule has 0 aromatic heterocycles. The van der Waals surface area contributed by atoms with E-state index in [1.807, 2.05) is 57.4 Å². The van der Waals surface area contributed by atoms with Crippen molar-refractivity contribution in [2.75, 3.05) is 27.0 Å². The number of nitrogens with zero attached hydrogens (tertiary/aromatic N) is 1. The number of hydrogen-bond donors (Lipinski definition) is 0. The molecule has 2 rings (SSSR count). The highest BCUT2D eigenvalue weighted by atomic mass is 32.2. The number of ether oxygens (including phenoxy) is 1.